The number of hydrogen-bond donors (Lipinski definition) is 1. The Balaban J connectivity index is 2.14. The summed E-state index contributed by atoms with van der Waals surface area (Å²) in [5, 5.41) is 3.43. The third kappa shape index (κ3) is 8.65. The number of halogens is 1. The predicted octanol–water partition coefficient (Wildman–Crippen LogP) is 4.08. The Morgan fingerprint density at radius 2 is 1.71 bits per heavy atom. The maximum Gasteiger partial charge on any atom is 0.242 e. The fourth-order valence-electron chi connectivity index (χ4n) is 3.47. The summed E-state index contributed by atoms with van der Waals surface area (Å²) in [7, 11) is -3.51. The van der Waals surface area contributed by atoms with Crippen LogP contribution in [-0.4, -0.2) is 50.5 Å². The van der Waals surface area contributed by atoms with Gasteiger partial charge >= 0.3 is 0 Å². The lowest BCUT2D eigenvalue weighted by Gasteiger charge is -2.29. The SMILES string of the molecule is CC(C)CNC(=O)[C@@H](C)N(Cc1cccc(Cl)c1)C(=O)CCCN(c1ccccc1)S(C)(=O)=O. The van der Waals surface area contributed by atoms with Crippen molar-refractivity contribution in [2.45, 2.75) is 46.2 Å². The Hall–Kier alpha value is -2.58. The maximum absolute atomic E-state index is 13.2. The minimum Gasteiger partial charge on any atom is -0.354 e. The van der Waals surface area contributed by atoms with E-state index in [-0.39, 0.29) is 37.2 Å². The van der Waals surface area contributed by atoms with Crippen molar-refractivity contribution in [1.29, 1.82) is 0 Å². The summed E-state index contributed by atoms with van der Waals surface area (Å²) in [6.45, 7) is 6.60. The maximum atomic E-state index is 13.2. The highest BCUT2D eigenvalue weighted by Gasteiger charge is 2.26. The number of nitrogens with zero attached hydrogens (tertiary/aromatic N) is 2. The second kappa shape index (κ2) is 12.8. The quantitative estimate of drug-likeness (QED) is 0.469. The molecule has 0 saturated heterocycles. The van der Waals surface area contributed by atoms with Gasteiger partial charge in [-0.1, -0.05) is 55.8 Å². The molecule has 0 aromatic heterocycles. The molecule has 0 saturated carbocycles. The van der Waals surface area contributed by atoms with E-state index in [1.807, 2.05) is 26.0 Å². The van der Waals surface area contributed by atoms with Crippen molar-refractivity contribution in [3.05, 3.63) is 65.2 Å². The predicted molar refractivity (Wildman–Crippen MR) is 137 cm³/mol. The molecule has 9 heteroatoms. The smallest absolute Gasteiger partial charge is 0.242 e. The molecule has 0 unspecified atom stereocenters. The second-order valence-electron chi connectivity index (χ2n) is 8.74. The second-order valence-corrected chi connectivity index (χ2v) is 11.1. The van der Waals surface area contributed by atoms with Crippen molar-refractivity contribution < 1.29 is 18.0 Å². The molecule has 1 N–H and O–H groups in total. The van der Waals surface area contributed by atoms with E-state index in [1.54, 1.807) is 49.4 Å². The van der Waals surface area contributed by atoms with E-state index in [0.717, 1.165) is 11.8 Å². The van der Waals surface area contributed by atoms with Crippen LogP contribution in [0.2, 0.25) is 5.02 Å². The monoisotopic (exact) mass is 507 g/mol. The van der Waals surface area contributed by atoms with E-state index in [0.29, 0.717) is 23.7 Å². The summed E-state index contributed by atoms with van der Waals surface area (Å²) in [6.07, 6.45) is 1.56. The third-order valence-corrected chi connectivity index (χ3v) is 6.72. The summed E-state index contributed by atoms with van der Waals surface area (Å²) in [4.78, 5) is 27.5. The molecule has 1 atom stereocenters. The molecule has 0 aliphatic rings. The van der Waals surface area contributed by atoms with Crippen LogP contribution < -0.4 is 9.62 Å². The van der Waals surface area contributed by atoms with Crippen molar-refractivity contribution in [2.24, 2.45) is 5.92 Å². The van der Waals surface area contributed by atoms with Gasteiger partial charge in [-0.2, -0.15) is 0 Å². The van der Waals surface area contributed by atoms with Crippen LogP contribution in [0, 0.1) is 5.92 Å². The van der Waals surface area contributed by atoms with Gasteiger partial charge in [0.15, 0.2) is 0 Å². The van der Waals surface area contributed by atoms with Gasteiger partial charge in [-0.15, -0.1) is 0 Å². The number of para-hydroxylation sites is 1. The van der Waals surface area contributed by atoms with Gasteiger partial charge in [0.1, 0.15) is 6.04 Å². The molecular formula is C25H34ClN3O4S. The molecule has 0 fully saturated rings. The average molecular weight is 508 g/mol. The molecule has 0 spiro atoms. The van der Waals surface area contributed by atoms with Gasteiger partial charge in [0.2, 0.25) is 21.8 Å². The molecule has 7 nitrogen and oxygen atoms in total. The van der Waals surface area contributed by atoms with E-state index in [9.17, 15) is 18.0 Å². The van der Waals surface area contributed by atoms with Crippen LogP contribution in [0.5, 0.6) is 0 Å². The molecule has 2 aromatic carbocycles. The van der Waals surface area contributed by atoms with E-state index in [4.69, 9.17) is 11.6 Å². The van der Waals surface area contributed by atoms with Gasteiger partial charge in [0.25, 0.3) is 0 Å². The molecule has 2 rings (SSSR count). The first-order valence-corrected chi connectivity index (χ1v) is 13.6. The first kappa shape index (κ1) is 27.7. The lowest BCUT2D eigenvalue weighted by atomic mass is 10.1. The molecule has 0 bridgehead atoms. The summed E-state index contributed by atoms with van der Waals surface area (Å²) >= 11 is 6.11. The first-order valence-electron chi connectivity index (χ1n) is 11.3. The Morgan fingerprint density at radius 3 is 2.29 bits per heavy atom. The van der Waals surface area contributed by atoms with Crippen molar-refractivity contribution >= 4 is 39.1 Å². The van der Waals surface area contributed by atoms with E-state index in [2.05, 4.69) is 5.32 Å². The number of nitrogens with one attached hydrogen (secondary N) is 1. The molecule has 186 valence electrons. The van der Waals surface area contributed by atoms with Crippen LogP contribution in [0.4, 0.5) is 5.69 Å². The number of amides is 2. The fraction of sp³-hybridized carbons (Fsp3) is 0.440. The van der Waals surface area contributed by atoms with Crippen molar-refractivity contribution in [3.8, 4) is 0 Å². The molecule has 0 aliphatic carbocycles. The Labute approximate surface area is 208 Å². The van der Waals surface area contributed by atoms with E-state index in [1.165, 1.54) is 9.21 Å². The van der Waals surface area contributed by atoms with Gasteiger partial charge in [0.05, 0.1) is 11.9 Å². The molecule has 2 amide bonds. The highest BCUT2D eigenvalue weighted by atomic mass is 35.5. The van der Waals surface area contributed by atoms with Crippen molar-refractivity contribution in [2.75, 3.05) is 23.7 Å². The van der Waals surface area contributed by atoms with Crippen molar-refractivity contribution in [3.63, 3.8) is 0 Å². The highest BCUT2D eigenvalue weighted by molar-refractivity contribution is 7.92. The summed E-state index contributed by atoms with van der Waals surface area (Å²) in [6, 6.07) is 15.3. The number of hydrogen-bond acceptors (Lipinski definition) is 4. The van der Waals surface area contributed by atoms with Gasteiger partial charge in [-0.25, -0.2) is 8.42 Å². The van der Waals surface area contributed by atoms with Crippen LogP contribution in [0.15, 0.2) is 54.6 Å². The van der Waals surface area contributed by atoms with Gasteiger partial charge in [-0.3, -0.25) is 13.9 Å². The van der Waals surface area contributed by atoms with Crippen LogP contribution >= 0.6 is 11.6 Å². The van der Waals surface area contributed by atoms with E-state index < -0.39 is 16.1 Å². The Morgan fingerprint density at radius 1 is 1.03 bits per heavy atom. The first-order chi connectivity index (χ1) is 16.0. The molecular weight excluding hydrogens is 474 g/mol. The van der Waals surface area contributed by atoms with Gasteiger partial charge < -0.3 is 10.2 Å². The number of carbonyl (C=O) groups excluding carboxylic acids is 2. The number of benzene rings is 2. The fourth-order valence-corrected chi connectivity index (χ4v) is 4.64. The zero-order chi connectivity index (χ0) is 25.3. The Kier molecular flexibility index (Phi) is 10.4. The average Bonchev–Trinajstić information content (AvgIpc) is 2.77. The lowest BCUT2D eigenvalue weighted by molar-refractivity contribution is -0.140. The summed E-state index contributed by atoms with van der Waals surface area (Å²) in [5.74, 6) is -0.173. The number of carbonyl (C=O) groups is 2. The molecule has 0 aliphatic heterocycles. The molecule has 0 radical (unpaired) electrons. The minimum absolute atomic E-state index is 0.0984. The standard InChI is InChI=1S/C25H34ClN3O4S/c1-19(2)17-27-25(31)20(3)28(18-21-10-8-11-22(26)16-21)24(30)14-9-15-29(34(4,32)33)23-12-6-5-7-13-23/h5-8,10-13,16,19-20H,9,14-15,17-18H2,1-4H3,(H,27,31)/t20-/m1/s1. The minimum atomic E-state index is -3.51. The topological polar surface area (TPSA) is 86.8 Å². The number of rotatable bonds is 12. The van der Waals surface area contributed by atoms with Crippen LogP contribution in [0.25, 0.3) is 0 Å². The van der Waals surface area contributed by atoms with E-state index >= 15 is 0 Å². The molecule has 0 heterocycles. The summed E-state index contributed by atoms with van der Waals surface area (Å²) in [5.41, 5.74) is 1.36. The number of anilines is 1. The molecule has 34 heavy (non-hydrogen) atoms. The largest absolute Gasteiger partial charge is 0.354 e. The lowest BCUT2D eigenvalue weighted by Crippen LogP contribution is -2.48. The summed E-state index contributed by atoms with van der Waals surface area (Å²) < 4.78 is 25.9. The zero-order valence-electron chi connectivity index (χ0n) is 20.2. The van der Waals surface area contributed by atoms with Crippen LogP contribution in [0.3, 0.4) is 0 Å². The molecule has 2 aromatic rings. The number of sulfonamides is 1. The van der Waals surface area contributed by atoms with Crippen LogP contribution in [-0.2, 0) is 26.2 Å². The normalized spacial score (nSPS) is 12.3. The third-order valence-electron chi connectivity index (χ3n) is 5.29. The van der Waals surface area contributed by atoms with Gasteiger partial charge in [-0.05, 0) is 49.1 Å². The Bertz CT molecular complexity index is 1060. The van der Waals surface area contributed by atoms with Crippen molar-refractivity contribution in [1.82, 2.24) is 10.2 Å². The van der Waals surface area contributed by atoms with Crippen LogP contribution in [0.1, 0.15) is 39.2 Å². The highest BCUT2D eigenvalue weighted by Crippen LogP contribution is 2.19. The van der Waals surface area contributed by atoms with Gasteiger partial charge in [0, 0.05) is 31.1 Å². The zero-order valence-corrected chi connectivity index (χ0v) is 21.8.